The van der Waals surface area contributed by atoms with Crippen molar-refractivity contribution in [2.24, 2.45) is 10.7 Å². The topological polar surface area (TPSA) is 82.9 Å². The number of benzene rings is 2. The minimum atomic E-state index is 0.356. The largest absolute Gasteiger partial charge is 0.495 e. The lowest BCUT2D eigenvalue weighted by atomic mass is 10.0. The second-order valence-electron chi connectivity index (χ2n) is 4.69. The molecule has 0 atom stereocenters. The van der Waals surface area contributed by atoms with E-state index in [1.54, 1.807) is 25.2 Å². The fourth-order valence-electron chi connectivity index (χ4n) is 2.21. The van der Waals surface area contributed by atoms with Gasteiger partial charge in [-0.2, -0.15) is 0 Å². The van der Waals surface area contributed by atoms with Gasteiger partial charge in [-0.1, -0.05) is 29.3 Å². The number of hydrogen-bond donors (Lipinski definition) is 2. The number of halogens is 2. The maximum absolute atomic E-state index is 6.41. The Labute approximate surface area is 144 Å². The summed E-state index contributed by atoms with van der Waals surface area (Å²) >= 11 is 12.8. The van der Waals surface area contributed by atoms with Gasteiger partial charge in [0.2, 0.25) is 0 Å². The lowest BCUT2D eigenvalue weighted by molar-refractivity contribution is 0.395. The van der Waals surface area contributed by atoms with Crippen molar-refractivity contribution < 1.29 is 9.47 Å². The maximum atomic E-state index is 6.41. The van der Waals surface area contributed by atoms with E-state index in [2.05, 4.69) is 4.99 Å². The summed E-state index contributed by atoms with van der Waals surface area (Å²) in [6.45, 7) is 0. The first-order valence-electron chi connectivity index (χ1n) is 6.67. The molecule has 0 bridgehead atoms. The van der Waals surface area contributed by atoms with Crippen LogP contribution in [0.1, 0.15) is 5.56 Å². The number of rotatable bonds is 4. The molecule has 0 radical (unpaired) electrons. The van der Waals surface area contributed by atoms with E-state index < -0.39 is 0 Å². The summed E-state index contributed by atoms with van der Waals surface area (Å²) in [5.41, 5.74) is 14.3. The number of anilines is 1. The molecule has 122 valence electrons. The van der Waals surface area contributed by atoms with Gasteiger partial charge in [0, 0.05) is 29.9 Å². The molecule has 2 aromatic rings. The molecule has 0 aliphatic rings. The minimum absolute atomic E-state index is 0.356. The standard InChI is InChI=1S/C16H17Cl2N3O2/c1-21-16(20)9-5-4-8(6-10(9)19)13-14(17)11(22-2)7-12(23-3)15(13)18/h4-7H,19H2,1-3H3,(H2,20,21). The van der Waals surface area contributed by atoms with Crippen molar-refractivity contribution in [3.63, 3.8) is 0 Å². The SMILES string of the molecule is CN=C(N)c1ccc(-c2c(Cl)c(OC)cc(OC)c2Cl)cc1N. The molecule has 7 heteroatoms. The molecular formula is C16H17Cl2N3O2. The highest BCUT2D eigenvalue weighted by atomic mass is 35.5. The van der Waals surface area contributed by atoms with Crippen LogP contribution >= 0.6 is 23.2 Å². The quantitative estimate of drug-likeness (QED) is 0.499. The van der Waals surface area contributed by atoms with Crippen LogP contribution in [0.4, 0.5) is 5.69 Å². The molecule has 2 rings (SSSR count). The summed E-state index contributed by atoms with van der Waals surface area (Å²) < 4.78 is 10.5. The van der Waals surface area contributed by atoms with Crippen LogP contribution in [0, 0.1) is 0 Å². The molecule has 5 nitrogen and oxygen atoms in total. The maximum Gasteiger partial charge on any atom is 0.141 e. The Hall–Kier alpha value is -2.11. The molecule has 0 aliphatic carbocycles. The molecule has 0 fully saturated rings. The van der Waals surface area contributed by atoms with Crippen molar-refractivity contribution in [2.45, 2.75) is 0 Å². The van der Waals surface area contributed by atoms with Crippen LogP contribution < -0.4 is 20.9 Å². The first-order valence-corrected chi connectivity index (χ1v) is 7.42. The van der Waals surface area contributed by atoms with Crippen LogP contribution in [0.2, 0.25) is 10.0 Å². The number of amidine groups is 1. The van der Waals surface area contributed by atoms with Gasteiger partial charge in [0.15, 0.2) is 0 Å². The van der Waals surface area contributed by atoms with Crippen molar-refractivity contribution in [1.29, 1.82) is 0 Å². The van der Waals surface area contributed by atoms with Gasteiger partial charge in [0.05, 0.1) is 24.3 Å². The van der Waals surface area contributed by atoms with Crippen LogP contribution in [0.15, 0.2) is 29.3 Å². The van der Waals surface area contributed by atoms with Gasteiger partial charge < -0.3 is 20.9 Å². The summed E-state index contributed by atoms with van der Waals surface area (Å²) in [4.78, 5) is 3.93. The molecule has 4 N–H and O–H groups in total. The molecule has 0 saturated carbocycles. The normalized spacial score (nSPS) is 11.4. The van der Waals surface area contributed by atoms with Gasteiger partial charge in [-0.15, -0.1) is 0 Å². The van der Waals surface area contributed by atoms with Crippen molar-refractivity contribution in [3.05, 3.63) is 39.9 Å². The van der Waals surface area contributed by atoms with Gasteiger partial charge in [-0.05, 0) is 17.7 Å². The number of nitrogen functional groups attached to an aromatic ring is 1. The average Bonchev–Trinajstić information content (AvgIpc) is 2.54. The molecule has 2 aromatic carbocycles. The predicted octanol–water partition coefficient (Wildman–Crippen LogP) is 3.59. The lowest BCUT2D eigenvalue weighted by Gasteiger charge is -2.16. The van der Waals surface area contributed by atoms with E-state index in [0.29, 0.717) is 44.2 Å². The number of nitrogens with two attached hydrogens (primary N) is 2. The molecular weight excluding hydrogens is 337 g/mol. The Kier molecular flexibility index (Phi) is 5.23. The Balaban J connectivity index is 2.69. The lowest BCUT2D eigenvalue weighted by Crippen LogP contribution is -2.15. The van der Waals surface area contributed by atoms with E-state index >= 15 is 0 Å². The van der Waals surface area contributed by atoms with Gasteiger partial charge in [-0.25, -0.2) is 0 Å². The number of aliphatic imine (C=N–C) groups is 1. The Morgan fingerprint density at radius 3 is 2.04 bits per heavy atom. The number of ether oxygens (including phenoxy) is 2. The van der Waals surface area contributed by atoms with Crippen LogP contribution in [-0.4, -0.2) is 27.1 Å². The minimum Gasteiger partial charge on any atom is -0.495 e. The zero-order valence-corrected chi connectivity index (χ0v) is 14.5. The van der Waals surface area contributed by atoms with Crippen LogP contribution in [0.5, 0.6) is 11.5 Å². The zero-order chi connectivity index (χ0) is 17.1. The number of hydrogen-bond acceptors (Lipinski definition) is 4. The fourth-order valence-corrected chi connectivity index (χ4v) is 2.93. The smallest absolute Gasteiger partial charge is 0.141 e. The first kappa shape index (κ1) is 17.2. The average molecular weight is 354 g/mol. The van der Waals surface area contributed by atoms with Crippen molar-refractivity contribution in [2.75, 3.05) is 27.0 Å². The van der Waals surface area contributed by atoms with Crippen LogP contribution in [-0.2, 0) is 0 Å². The molecule has 23 heavy (non-hydrogen) atoms. The van der Waals surface area contributed by atoms with Gasteiger partial charge in [0.1, 0.15) is 17.3 Å². The van der Waals surface area contributed by atoms with E-state index in [-0.39, 0.29) is 0 Å². The third kappa shape index (κ3) is 3.16. The molecule has 0 heterocycles. The van der Waals surface area contributed by atoms with E-state index in [1.807, 2.05) is 6.07 Å². The molecule has 0 aliphatic heterocycles. The van der Waals surface area contributed by atoms with Crippen LogP contribution in [0.3, 0.4) is 0 Å². The summed E-state index contributed by atoms with van der Waals surface area (Å²) in [5.74, 6) is 1.27. The number of nitrogens with zero attached hydrogens (tertiary/aromatic N) is 1. The highest BCUT2D eigenvalue weighted by Crippen LogP contribution is 2.46. The molecule has 0 aromatic heterocycles. The van der Waals surface area contributed by atoms with Crippen molar-refractivity contribution in [1.82, 2.24) is 0 Å². The van der Waals surface area contributed by atoms with E-state index in [9.17, 15) is 0 Å². The highest BCUT2D eigenvalue weighted by Gasteiger charge is 2.19. The third-order valence-electron chi connectivity index (χ3n) is 3.43. The second-order valence-corrected chi connectivity index (χ2v) is 5.45. The van der Waals surface area contributed by atoms with Crippen molar-refractivity contribution >= 4 is 34.7 Å². The van der Waals surface area contributed by atoms with Gasteiger partial charge in [0.25, 0.3) is 0 Å². The predicted molar refractivity (Wildman–Crippen MR) is 96.1 cm³/mol. The number of methoxy groups -OCH3 is 2. The molecule has 0 spiro atoms. The Bertz CT molecular complexity index is 748. The van der Waals surface area contributed by atoms with E-state index in [4.69, 9.17) is 44.1 Å². The summed E-state index contributed by atoms with van der Waals surface area (Å²) in [5, 5.41) is 0.755. The Morgan fingerprint density at radius 2 is 1.61 bits per heavy atom. The monoisotopic (exact) mass is 353 g/mol. The molecule has 0 amide bonds. The first-order chi connectivity index (χ1) is 10.9. The van der Waals surface area contributed by atoms with Crippen molar-refractivity contribution in [3.8, 4) is 22.6 Å². The summed E-state index contributed by atoms with van der Waals surface area (Å²) in [6.07, 6.45) is 0. The van der Waals surface area contributed by atoms with Gasteiger partial charge in [-0.3, -0.25) is 4.99 Å². The highest BCUT2D eigenvalue weighted by molar-refractivity contribution is 6.41. The molecule has 0 saturated heterocycles. The third-order valence-corrected chi connectivity index (χ3v) is 4.18. The fraction of sp³-hybridized carbons (Fsp3) is 0.188. The van der Waals surface area contributed by atoms with E-state index in [0.717, 1.165) is 5.56 Å². The zero-order valence-electron chi connectivity index (χ0n) is 13.0. The van der Waals surface area contributed by atoms with Crippen LogP contribution in [0.25, 0.3) is 11.1 Å². The Morgan fingerprint density at radius 1 is 1.04 bits per heavy atom. The second kappa shape index (κ2) is 6.98. The van der Waals surface area contributed by atoms with E-state index in [1.165, 1.54) is 14.2 Å². The molecule has 0 unspecified atom stereocenters. The summed E-state index contributed by atoms with van der Waals surface area (Å²) in [6, 6.07) is 6.95. The van der Waals surface area contributed by atoms with Gasteiger partial charge >= 0.3 is 0 Å². The summed E-state index contributed by atoms with van der Waals surface area (Å²) in [7, 11) is 4.64.